The minimum absolute atomic E-state index is 0.0230. The van der Waals surface area contributed by atoms with E-state index in [0.29, 0.717) is 35.0 Å². The van der Waals surface area contributed by atoms with Gasteiger partial charge in [-0.2, -0.15) is 13.2 Å². The van der Waals surface area contributed by atoms with Crippen molar-refractivity contribution < 1.29 is 36.6 Å². The minimum Gasteiger partial charge on any atom is -0.494 e. The monoisotopic (exact) mass is 544 g/mol. The molecule has 0 saturated heterocycles. The molecule has 2 aromatic carbocycles. The lowest BCUT2D eigenvalue weighted by molar-refractivity contribution is -0.189. The summed E-state index contributed by atoms with van der Waals surface area (Å²) in [7, 11) is 1.34. The van der Waals surface area contributed by atoms with Crippen LogP contribution in [0.3, 0.4) is 0 Å². The second-order valence-corrected chi connectivity index (χ2v) is 10.2. The van der Waals surface area contributed by atoms with Crippen molar-refractivity contribution in [2.75, 3.05) is 13.7 Å². The van der Waals surface area contributed by atoms with Crippen LogP contribution >= 0.6 is 0 Å². The van der Waals surface area contributed by atoms with Crippen LogP contribution < -0.4 is 10.2 Å². The SMILES string of the molecule is CCOC(=O)c1cn(C2CC2)c2c(OC)c(-c3ccc4c(c3)CN(C(=O)C(F)(F)F)C43CC3)c(F)cc2c1=O. The Bertz CT molecular complexity index is 1620. The molecule has 1 aliphatic heterocycles. The predicted octanol–water partition coefficient (Wildman–Crippen LogP) is 5.22. The normalized spacial score (nSPS) is 17.4. The summed E-state index contributed by atoms with van der Waals surface area (Å²) in [6, 6.07) is 5.86. The van der Waals surface area contributed by atoms with Gasteiger partial charge in [-0.1, -0.05) is 12.1 Å². The molecule has 11 heteroatoms. The lowest BCUT2D eigenvalue weighted by Crippen LogP contribution is -2.43. The minimum atomic E-state index is -5.00. The van der Waals surface area contributed by atoms with Crippen molar-refractivity contribution in [3.63, 3.8) is 0 Å². The van der Waals surface area contributed by atoms with Gasteiger partial charge in [0.1, 0.15) is 11.4 Å². The molecular weight excluding hydrogens is 520 g/mol. The van der Waals surface area contributed by atoms with E-state index in [0.717, 1.165) is 23.8 Å². The molecule has 1 spiro atoms. The average Bonchev–Trinajstić information content (AvgIpc) is 3.81. The Morgan fingerprint density at radius 1 is 1.15 bits per heavy atom. The number of benzene rings is 2. The number of fused-ring (bicyclic) bond motifs is 3. The van der Waals surface area contributed by atoms with E-state index >= 15 is 4.39 Å². The van der Waals surface area contributed by atoms with Crippen molar-refractivity contribution in [1.29, 1.82) is 0 Å². The maximum absolute atomic E-state index is 15.8. The Morgan fingerprint density at radius 3 is 2.46 bits per heavy atom. The maximum atomic E-state index is 15.8. The lowest BCUT2D eigenvalue weighted by Gasteiger charge is -2.25. The summed E-state index contributed by atoms with van der Waals surface area (Å²) in [4.78, 5) is 38.7. The second kappa shape index (κ2) is 8.56. The molecule has 2 aliphatic carbocycles. The number of rotatable bonds is 5. The molecule has 0 bridgehead atoms. The highest BCUT2D eigenvalue weighted by atomic mass is 19.4. The number of hydrogen-bond donors (Lipinski definition) is 0. The fraction of sp³-hybridized carbons (Fsp3) is 0.393. The van der Waals surface area contributed by atoms with Crippen molar-refractivity contribution in [2.45, 2.75) is 56.9 Å². The van der Waals surface area contributed by atoms with Crippen LogP contribution in [-0.4, -0.2) is 41.2 Å². The van der Waals surface area contributed by atoms with Crippen molar-refractivity contribution >= 4 is 22.8 Å². The fourth-order valence-electron chi connectivity index (χ4n) is 5.79. The first kappa shape index (κ1) is 25.4. The van der Waals surface area contributed by atoms with Crippen molar-refractivity contribution in [3.8, 4) is 16.9 Å². The van der Waals surface area contributed by atoms with Crippen LogP contribution in [0.2, 0.25) is 0 Å². The first-order valence-electron chi connectivity index (χ1n) is 12.7. The molecule has 204 valence electrons. The molecule has 0 atom stereocenters. The summed E-state index contributed by atoms with van der Waals surface area (Å²) < 4.78 is 68.1. The Balaban J connectivity index is 1.52. The number of carbonyl (C=O) groups is 2. The van der Waals surface area contributed by atoms with E-state index in [4.69, 9.17) is 9.47 Å². The molecule has 2 heterocycles. The molecule has 0 radical (unpaired) electrons. The van der Waals surface area contributed by atoms with Gasteiger partial charge in [-0.05, 0) is 61.4 Å². The highest BCUT2D eigenvalue weighted by Crippen LogP contribution is 2.58. The van der Waals surface area contributed by atoms with Gasteiger partial charge < -0.3 is 18.9 Å². The molecule has 2 fully saturated rings. The lowest BCUT2D eigenvalue weighted by atomic mass is 9.95. The number of carbonyl (C=O) groups excluding carboxylic acids is 2. The van der Waals surface area contributed by atoms with Crippen LogP contribution in [-0.2, 0) is 21.6 Å². The quantitative estimate of drug-likeness (QED) is 0.325. The summed E-state index contributed by atoms with van der Waals surface area (Å²) >= 11 is 0. The Morgan fingerprint density at radius 2 is 1.87 bits per heavy atom. The second-order valence-electron chi connectivity index (χ2n) is 10.2. The zero-order chi connectivity index (χ0) is 27.9. The van der Waals surface area contributed by atoms with Crippen molar-refractivity contribution in [3.05, 3.63) is 63.2 Å². The third-order valence-electron chi connectivity index (χ3n) is 7.81. The molecule has 7 nitrogen and oxygen atoms in total. The molecule has 2 saturated carbocycles. The standard InChI is InChI=1S/C28H24F4N2O5/c1-3-39-25(36)18-13-33(16-5-6-16)22-17(23(18)35)11-20(29)21(24(22)38-2)14-4-7-19-15(10-14)12-34(27(19)8-9-27)26(37)28(30,31)32/h4,7,10-11,13,16H,3,5-6,8-9,12H2,1-2H3. The number of methoxy groups -OCH3 is 1. The van der Waals surface area contributed by atoms with Crippen LogP contribution in [0.25, 0.3) is 22.0 Å². The number of esters is 1. The first-order valence-corrected chi connectivity index (χ1v) is 12.7. The summed E-state index contributed by atoms with van der Waals surface area (Å²) in [5, 5.41) is -0.0365. The van der Waals surface area contributed by atoms with Crippen LogP contribution in [0.15, 0.2) is 35.3 Å². The van der Waals surface area contributed by atoms with E-state index in [9.17, 15) is 27.6 Å². The fourth-order valence-corrected chi connectivity index (χ4v) is 5.79. The molecule has 39 heavy (non-hydrogen) atoms. The molecule has 1 amide bonds. The zero-order valence-electron chi connectivity index (χ0n) is 21.2. The van der Waals surface area contributed by atoms with E-state index in [1.165, 1.54) is 13.3 Å². The number of nitrogens with zero attached hydrogens (tertiary/aromatic N) is 2. The number of ether oxygens (including phenoxy) is 2. The van der Waals surface area contributed by atoms with E-state index < -0.39 is 34.8 Å². The summed E-state index contributed by atoms with van der Waals surface area (Å²) in [5.41, 5.74) is -0.0473. The third-order valence-corrected chi connectivity index (χ3v) is 7.81. The first-order chi connectivity index (χ1) is 18.5. The van der Waals surface area contributed by atoms with Gasteiger partial charge in [0.05, 0.1) is 35.7 Å². The Hall–Kier alpha value is -3.89. The summed E-state index contributed by atoms with van der Waals surface area (Å²) in [6.07, 6.45) is -1.15. The van der Waals surface area contributed by atoms with Gasteiger partial charge in [0, 0.05) is 18.8 Å². The van der Waals surface area contributed by atoms with E-state index in [1.54, 1.807) is 29.7 Å². The highest BCUT2D eigenvalue weighted by molar-refractivity contribution is 5.98. The summed E-state index contributed by atoms with van der Waals surface area (Å²) in [6.45, 7) is 1.45. The number of hydrogen-bond acceptors (Lipinski definition) is 5. The third kappa shape index (κ3) is 3.81. The van der Waals surface area contributed by atoms with Crippen molar-refractivity contribution in [2.24, 2.45) is 0 Å². The topological polar surface area (TPSA) is 77.8 Å². The highest BCUT2D eigenvalue weighted by Gasteiger charge is 2.60. The van der Waals surface area contributed by atoms with E-state index in [-0.39, 0.29) is 41.5 Å². The number of aromatic nitrogens is 1. The van der Waals surface area contributed by atoms with E-state index in [2.05, 4.69) is 0 Å². The summed E-state index contributed by atoms with van der Waals surface area (Å²) in [5.74, 6) is -3.40. The number of halogens is 4. The van der Waals surface area contributed by atoms with Crippen LogP contribution in [0.4, 0.5) is 17.6 Å². The van der Waals surface area contributed by atoms with Crippen LogP contribution in [0.1, 0.15) is 60.1 Å². The zero-order valence-corrected chi connectivity index (χ0v) is 21.2. The molecule has 6 rings (SSSR count). The molecule has 3 aliphatic rings. The van der Waals surface area contributed by atoms with Crippen LogP contribution in [0, 0.1) is 5.82 Å². The maximum Gasteiger partial charge on any atom is 0.471 e. The van der Waals surface area contributed by atoms with Gasteiger partial charge in [0.2, 0.25) is 5.43 Å². The number of alkyl halides is 3. The smallest absolute Gasteiger partial charge is 0.471 e. The molecule has 0 N–H and O–H groups in total. The molecule has 1 aromatic heterocycles. The van der Waals surface area contributed by atoms with Crippen molar-refractivity contribution in [1.82, 2.24) is 9.47 Å². The Kier molecular flexibility index (Phi) is 5.57. The van der Waals surface area contributed by atoms with Gasteiger partial charge in [-0.3, -0.25) is 9.59 Å². The van der Waals surface area contributed by atoms with Gasteiger partial charge in [-0.25, -0.2) is 9.18 Å². The van der Waals surface area contributed by atoms with Crippen LogP contribution in [0.5, 0.6) is 5.75 Å². The Labute approximate surface area is 219 Å². The van der Waals surface area contributed by atoms with Gasteiger partial charge in [-0.15, -0.1) is 0 Å². The average molecular weight is 545 g/mol. The van der Waals surface area contributed by atoms with E-state index in [1.807, 2.05) is 0 Å². The van der Waals surface area contributed by atoms with Gasteiger partial charge in [0.25, 0.3) is 0 Å². The molecule has 0 unspecified atom stereocenters. The molecular formula is C28H24F4N2O5. The molecule has 3 aromatic rings. The van der Waals surface area contributed by atoms with Gasteiger partial charge in [0.15, 0.2) is 5.75 Å². The van der Waals surface area contributed by atoms with Gasteiger partial charge >= 0.3 is 18.1 Å². The largest absolute Gasteiger partial charge is 0.494 e. The number of pyridine rings is 1. The number of amides is 1. The predicted molar refractivity (Wildman–Crippen MR) is 132 cm³/mol.